The first-order chi connectivity index (χ1) is 32.7. The van der Waals surface area contributed by atoms with Crippen LogP contribution in [0.5, 0.6) is 0 Å². The maximum atomic E-state index is 2.43. The van der Waals surface area contributed by atoms with Crippen LogP contribution in [0.3, 0.4) is 0 Å². The summed E-state index contributed by atoms with van der Waals surface area (Å²) in [7, 11) is 0. The largest absolute Gasteiger partial charge is 0.310 e. The highest BCUT2D eigenvalue weighted by Gasteiger charge is 2.21. The molecule has 0 N–H and O–H groups in total. The minimum absolute atomic E-state index is 1.09. The molecule has 1 nitrogen and oxygen atoms in total. The third kappa shape index (κ3) is 6.30. The second-order valence-corrected chi connectivity index (χ2v) is 18.2. The molecule has 1 aromatic heterocycles. The lowest BCUT2D eigenvalue weighted by molar-refractivity contribution is 1.29. The van der Waals surface area contributed by atoms with E-state index in [-0.39, 0.29) is 0 Å². The molecule has 0 fully saturated rings. The average molecular weight is 856 g/mol. The highest BCUT2D eigenvalue weighted by Crippen LogP contribution is 2.48. The zero-order valence-electron chi connectivity index (χ0n) is 36.0. The van der Waals surface area contributed by atoms with Gasteiger partial charge >= 0.3 is 0 Å². The van der Waals surface area contributed by atoms with Gasteiger partial charge in [0, 0.05) is 37.2 Å². The van der Waals surface area contributed by atoms with Crippen LogP contribution >= 0.6 is 11.3 Å². The van der Waals surface area contributed by atoms with Gasteiger partial charge in [0.1, 0.15) is 0 Å². The Bertz CT molecular complexity index is 3960. The monoisotopic (exact) mass is 855 g/mol. The molecule has 13 aromatic rings. The minimum Gasteiger partial charge on any atom is -0.310 e. The zero-order valence-corrected chi connectivity index (χ0v) is 36.8. The van der Waals surface area contributed by atoms with Gasteiger partial charge < -0.3 is 4.90 Å². The topological polar surface area (TPSA) is 3.24 Å². The first-order valence-corrected chi connectivity index (χ1v) is 23.5. The molecule has 2 heteroatoms. The van der Waals surface area contributed by atoms with Crippen LogP contribution in [0.1, 0.15) is 0 Å². The smallest absolute Gasteiger partial charge is 0.0468 e. The summed E-state index contributed by atoms with van der Waals surface area (Å²) in [4.78, 5) is 2.43. The third-order valence-electron chi connectivity index (χ3n) is 13.4. The molecule has 13 rings (SSSR count). The number of thiophene rings is 1. The van der Waals surface area contributed by atoms with Crippen molar-refractivity contribution in [2.45, 2.75) is 0 Å². The van der Waals surface area contributed by atoms with Crippen molar-refractivity contribution in [2.24, 2.45) is 0 Å². The van der Waals surface area contributed by atoms with Crippen LogP contribution in [0.4, 0.5) is 17.1 Å². The molecule has 0 radical (unpaired) electrons. The number of rotatable bonds is 7. The predicted octanol–water partition coefficient (Wildman–Crippen LogP) is 18.8. The molecule has 0 aliphatic heterocycles. The van der Waals surface area contributed by atoms with Crippen LogP contribution in [0.15, 0.2) is 249 Å². The Morgan fingerprint density at radius 1 is 0.258 bits per heavy atom. The molecule has 12 aromatic carbocycles. The Kier molecular flexibility index (Phi) is 9.11. The average Bonchev–Trinajstić information content (AvgIpc) is 3.78. The molecular formula is C64H41NS. The highest BCUT2D eigenvalue weighted by molar-refractivity contribution is 7.26. The van der Waals surface area contributed by atoms with Crippen molar-refractivity contribution in [3.63, 3.8) is 0 Å². The second kappa shape index (κ2) is 15.7. The molecule has 308 valence electrons. The molecule has 1 heterocycles. The van der Waals surface area contributed by atoms with E-state index in [2.05, 4.69) is 254 Å². The molecule has 0 saturated heterocycles. The number of benzene rings is 12. The molecule has 66 heavy (non-hydrogen) atoms. The standard InChI is InChI=1S/C64H41NS/c1-3-16-44(17-4-1)62-57-26-12-11-23-53(57)55-39-38-49(41-60(55)63(62)45-18-5-2-6-19-45)65(47-34-30-42(31-35-47)51-27-15-28-58-56-25-13-14-29-61(56)66-64(51)58)48-36-32-43(33-37-48)59-40-46-20-7-8-21-50(46)52-22-9-10-24-54(52)59/h1-41H. The Hall–Kier alpha value is -8.30. The van der Waals surface area contributed by atoms with Gasteiger partial charge in [-0.25, -0.2) is 0 Å². The number of anilines is 3. The fourth-order valence-corrected chi connectivity index (χ4v) is 11.7. The van der Waals surface area contributed by atoms with Crippen molar-refractivity contribution in [1.82, 2.24) is 0 Å². The molecule has 0 spiro atoms. The Morgan fingerprint density at radius 3 is 1.42 bits per heavy atom. The van der Waals surface area contributed by atoms with E-state index < -0.39 is 0 Å². The van der Waals surface area contributed by atoms with Gasteiger partial charge in [0.2, 0.25) is 0 Å². The van der Waals surface area contributed by atoms with E-state index in [1.807, 2.05) is 11.3 Å². The minimum atomic E-state index is 1.09. The first-order valence-electron chi connectivity index (χ1n) is 22.7. The summed E-state index contributed by atoms with van der Waals surface area (Å²) in [6.07, 6.45) is 0. The molecular weight excluding hydrogens is 815 g/mol. The van der Waals surface area contributed by atoms with Crippen molar-refractivity contribution in [3.05, 3.63) is 249 Å². The quantitative estimate of drug-likeness (QED) is 0.144. The van der Waals surface area contributed by atoms with Crippen molar-refractivity contribution in [2.75, 3.05) is 4.90 Å². The van der Waals surface area contributed by atoms with Crippen LogP contribution in [0, 0.1) is 0 Å². The van der Waals surface area contributed by atoms with Crippen molar-refractivity contribution < 1.29 is 0 Å². The first kappa shape index (κ1) is 38.2. The molecule has 0 atom stereocenters. The van der Waals surface area contributed by atoms with Gasteiger partial charge in [0.25, 0.3) is 0 Å². The van der Waals surface area contributed by atoms with Crippen LogP contribution in [-0.4, -0.2) is 0 Å². The SMILES string of the molecule is c1ccc(-c2c(-c3ccccc3)c3cc(N(c4ccc(-c5cc6ccccc6c6ccccc56)cc4)c4ccc(-c5cccc6c5sc5ccccc56)cc4)ccc3c3ccccc23)cc1. The molecule has 0 saturated carbocycles. The van der Waals surface area contributed by atoms with E-state index in [0.717, 1.165) is 17.1 Å². The van der Waals surface area contributed by atoms with Crippen molar-refractivity contribution in [3.8, 4) is 44.5 Å². The molecule has 0 aliphatic carbocycles. The summed E-state index contributed by atoms with van der Waals surface area (Å²) in [6.45, 7) is 0. The maximum Gasteiger partial charge on any atom is 0.0468 e. The zero-order chi connectivity index (χ0) is 43.6. The van der Waals surface area contributed by atoms with E-state index in [1.165, 1.54) is 108 Å². The van der Waals surface area contributed by atoms with E-state index in [1.54, 1.807) is 0 Å². The summed E-state index contributed by atoms with van der Waals surface area (Å²) < 4.78 is 2.64. The summed E-state index contributed by atoms with van der Waals surface area (Å²) in [5, 5.41) is 12.6. The second-order valence-electron chi connectivity index (χ2n) is 17.2. The number of hydrogen-bond acceptors (Lipinski definition) is 2. The third-order valence-corrected chi connectivity index (χ3v) is 14.7. The number of hydrogen-bond donors (Lipinski definition) is 0. The van der Waals surface area contributed by atoms with E-state index in [4.69, 9.17) is 0 Å². The van der Waals surface area contributed by atoms with Gasteiger partial charge in [-0.2, -0.15) is 0 Å². The fourth-order valence-electron chi connectivity index (χ4n) is 10.4. The van der Waals surface area contributed by atoms with Gasteiger partial charge in [0.05, 0.1) is 0 Å². The highest BCUT2D eigenvalue weighted by atomic mass is 32.1. The van der Waals surface area contributed by atoms with E-state index >= 15 is 0 Å². The maximum absolute atomic E-state index is 2.43. The lowest BCUT2D eigenvalue weighted by Gasteiger charge is -2.27. The predicted molar refractivity (Wildman–Crippen MR) is 286 cm³/mol. The van der Waals surface area contributed by atoms with Gasteiger partial charge in [-0.05, 0) is 136 Å². The Balaban J connectivity index is 1.02. The Labute approximate surface area is 387 Å². The van der Waals surface area contributed by atoms with Gasteiger partial charge in [0.15, 0.2) is 0 Å². The number of nitrogens with zero attached hydrogens (tertiary/aromatic N) is 1. The summed E-state index contributed by atoms with van der Waals surface area (Å²) in [5.74, 6) is 0. The van der Waals surface area contributed by atoms with E-state index in [9.17, 15) is 0 Å². The van der Waals surface area contributed by atoms with Crippen molar-refractivity contribution >= 4 is 91.7 Å². The van der Waals surface area contributed by atoms with Crippen LogP contribution in [0.25, 0.3) is 108 Å². The summed E-state index contributed by atoms with van der Waals surface area (Å²) in [6, 6.07) is 91.5. The lowest BCUT2D eigenvalue weighted by atomic mass is 9.85. The summed E-state index contributed by atoms with van der Waals surface area (Å²) >= 11 is 1.88. The van der Waals surface area contributed by atoms with Gasteiger partial charge in [-0.1, -0.05) is 200 Å². The van der Waals surface area contributed by atoms with Crippen molar-refractivity contribution in [1.29, 1.82) is 0 Å². The van der Waals surface area contributed by atoms with Crippen LogP contribution in [-0.2, 0) is 0 Å². The normalized spacial score (nSPS) is 11.6. The lowest BCUT2D eigenvalue weighted by Crippen LogP contribution is -2.10. The molecule has 0 aliphatic rings. The van der Waals surface area contributed by atoms with Crippen LogP contribution < -0.4 is 4.90 Å². The fraction of sp³-hybridized carbons (Fsp3) is 0. The number of fused-ring (bicyclic) bond motifs is 9. The van der Waals surface area contributed by atoms with Gasteiger partial charge in [-0.15, -0.1) is 11.3 Å². The molecule has 0 unspecified atom stereocenters. The molecule has 0 amide bonds. The van der Waals surface area contributed by atoms with E-state index in [0.29, 0.717) is 0 Å². The van der Waals surface area contributed by atoms with Crippen LogP contribution in [0.2, 0.25) is 0 Å². The van der Waals surface area contributed by atoms with Gasteiger partial charge in [-0.3, -0.25) is 0 Å². The molecule has 0 bridgehead atoms. The Morgan fingerprint density at radius 2 is 0.742 bits per heavy atom. The summed E-state index contributed by atoms with van der Waals surface area (Å²) in [5.41, 5.74) is 13.1.